The molecule has 2 fully saturated rings. The molecule has 4 rings (SSSR count). The Balaban J connectivity index is 1.37. The van der Waals surface area contributed by atoms with E-state index in [1.165, 1.54) is 5.56 Å². The molecule has 38 heavy (non-hydrogen) atoms. The van der Waals surface area contributed by atoms with Crippen molar-refractivity contribution in [1.29, 1.82) is 0 Å². The zero-order chi connectivity index (χ0) is 26.7. The van der Waals surface area contributed by atoms with E-state index in [1.807, 2.05) is 42.2 Å². The van der Waals surface area contributed by atoms with E-state index in [0.717, 1.165) is 57.9 Å². The lowest BCUT2D eigenvalue weighted by molar-refractivity contribution is -0.138. The molecule has 8 nitrogen and oxygen atoms in total. The number of amides is 2. The number of nitrogens with one attached hydrogen (secondary N) is 1. The first kappa shape index (κ1) is 28.1. The van der Waals surface area contributed by atoms with Gasteiger partial charge in [0.25, 0.3) is 0 Å². The van der Waals surface area contributed by atoms with Gasteiger partial charge >= 0.3 is 0 Å². The van der Waals surface area contributed by atoms with Gasteiger partial charge < -0.3 is 19.7 Å². The van der Waals surface area contributed by atoms with Crippen LogP contribution in [0.1, 0.15) is 25.3 Å². The van der Waals surface area contributed by atoms with Crippen LogP contribution < -0.4 is 10.1 Å². The lowest BCUT2D eigenvalue weighted by Crippen LogP contribution is -2.52. The van der Waals surface area contributed by atoms with Crippen LogP contribution in [-0.4, -0.2) is 98.7 Å². The summed E-state index contributed by atoms with van der Waals surface area (Å²) in [6, 6.07) is 17.4. The first-order valence-electron chi connectivity index (χ1n) is 13.9. The Bertz CT molecular complexity index is 1010. The molecule has 2 aliphatic heterocycles. The van der Waals surface area contributed by atoms with Gasteiger partial charge in [0.1, 0.15) is 11.8 Å². The summed E-state index contributed by atoms with van der Waals surface area (Å²) >= 11 is 0. The third-order valence-corrected chi connectivity index (χ3v) is 7.56. The molecule has 2 heterocycles. The molecule has 0 spiro atoms. The molecule has 2 atom stereocenters. The molecule has 0 aromatic heterocycles. The van der Waals surface area contributed by atoms with Gasteiger partial charge in [0.05, 0.1) is 19.8 Å². The smallest absolute Gasteiger partial charge is 0.247 e. The Kier molecular flexibility index (Phi) is 10.6. The second kappa shape index (κ2) is 14.3. The first-order valence-corrected chi connectivity index (χ1v) is 13.9. The van der Waals surface area contributed by atoms with Gasteiger partial charge in [-0.25, -0.2) is 0 Å². The van der Waals surface area contributed by atoms with Crippen LogP contribution in [0, 0.1) is 5.92 Å². The summed E-state index contributed by atoms with van der Waals surface area (Å²) in [5, 5.41) is 3.04. The molecule has 0 bridgehead atoms. The van der Waals surface area contributed by atoms with E-state index in [1.54, 1.807) is 7.11 Å². The fourth-order valence-electron chi connectivity index (χ4n) is 5.37. The molecule has 0 radical (unpaired) electrons. The number of rotatable bonds is 12. The van der Waals surface area contributed by atoms with E-state index in [2.05, 4.69) is 39.4 Å². The summed E-state index contributed by atoms with van der Waals surface area (Å²) < 4.78 is 10.7. The highest BCUT2D eigenvalue weighted by molar-refractivity contribution is 5.97. The van der Waals surface area contributed by atoms with E-state index < -0.39 is 6.04 Å². The molecular formula is C30H42N4O4. The van der Waals surface area contributed by atoms with E-state index in [4.69, 9.17) is 9.47 Å². The number of carbonyl (C=O) groups is 2. The highest BCUT2D eigenvalue weighted by atomic mass is 16.5. The molecule has 2 unspecified atom stereocenters. The quantitative estimate of drug-likeness (QED) is 0.462. The average Bonchev–Trinajstić information content (AvgIpc) is 3.38. The number of ether oxygens (including phenoxy) is 2. The van der Waals surface area contributed by atoms with Crippen molar-refractivity contribution >= 4 is 17.5 Å². The third kappa shape index (κ3) is 8.03. The minimum Gasteiger partial charge on any atom is -0.494 e. The van der Waals surface area contributed by atoms with Crippen molar-refractivity contribution in [3.63, 3.8) is 0 Å². The van der Waals surface area contributed by atoms with Gasteiger partial charge in [-0.15, -0.1) is 0 Å². The Morgan fingerprint density at radius 1 is 0.974 bits per heavy atom. The van der Waals surface area contributed by atoms with Crippen LogP contribution in [-0.2, 0) is 20.7 Å². The minimum absolute atomic E-state index is 0.0457. The first-order chi connectivity index (χ1) is 18.6. The Morgan fingerprint density at radius 2 is 1.68 bits per heavy atom. The van der Waals surface area contributed by atoms with Crippen LogP contribution in [0.25, 0.3) is 0 Å². The van der Waals surface area contributed by atoms with E-state index >= 15 is 0 Å². The van der Waals surface area contributed by atoms with Crippen LogP contribution in [0.15, 0.2) is 54.6 Å². The monoisotopic (exact) mass is 522 g/mol. The standard InChI is InChI=1S/C30H42N4O4/c1-3-38-27-13-11-26(12-14-27)31-30(36)28-21-25(10-9-24-7-5-4-6-8-24)22-34(28)29(35)23-33-17-15-32(16-18-33)19-20-37-2/h4-8,11-14,25,28H,3,9-10,15-23H2,1-2H3,(H,31,36). The summed E-state index contributed by atoms with van der Waals surface area (Å²) in [6.07, 6.45) is 2.59. The number of piperazine rings is 1. The largest absolute Gasteiger partial charge is 0.494 e. The lowest BCUT2D eigenvalue weighted by Gasteiger charge is -2.35. The number of likely N-dealkylation sites (tertiary alicyclic amines) is 1. The molecule has 2 saturated heterocycles. The van der Waals surface area contributed by atoms with Gasteiger partial charge in [0, 0.05) is 52.1 Å². The summed E-state index contributed by atoms with van der Waals surface area (Å²) in [6.45, 7) is 8.72. The van der Waals surface area contributed by atoms with Gasteiger partial charge in [-0.05, 0) is 61.9 Å². The van der Waals surface area contributed by atoms with Crippen LogP contribution >= 0.6 is 0 Å². The molecule has 0 saturated carbocycles. The third-order valence-electron chi connectivity index (χ3n) is 7.56. The van der Waals surface area contributed by atoms with Crippen molar-refractivity contribution in [3.05, 3.63) is 60.2 Å². The van der Waals surface area contributed by atoms with Crippen LogP contribution in [0.4, 0.5) is 5.69 Å². The molecule has 2 aromatic carbocycles. The molecule has 8 heteroatoms. The summed E-state index contributed by atoms with van der Waals surface area (Å²) in [4.78, 5) is 33.4. The van der Waals surface area contributed by atoms with Crippen molar-refractivity contribution < 1.29 is 19.1 Å². The fourth-order valence-corrected chi connectivity index (χ4v) is 5.37. The number of hydrogen-bond acceptors (Lipinski definition) is 6. The second-order valence-electron chi connectivity index (χ2n) is 10.2. The summed E-state index contributed by atoms with van der Waals surface area (Å²) in [7, 11) is 1.72. The molecule has 2 aliphatic rings. The number of benzene rings is 2. The zero-order valence-electron chi connectivity index (χ0n) is 22.8. The maximum atomic E-state index is 13.5. The van der Waals surface area contributed by atoms with E-state index in [9.17, 15) is 9.59 Å². The Hall–Kier alpha value is -2.94. The molecule has 1 N–H and O–H groups in total. The number of nitrogens with zero attached hydrogens (tertiary/aromatic N) is 3. The molecule has 2 amide bonds. The number of hydrogen-bond donors (Lipinski definition) is 1. The van der Waals surface area contributed by atoms with Gasteiger partial charge in [-0.3, -0.25) is 19.4 Å². The normalized spacial score (nSPS) is 20.4. The summed E-state index contributed by atoms with van der Waals surface area (Å²) in [5.41, 5.74) is 2.00. The number of methoxy groups -OCH3 is 1. The van der Waals surface area contributed by atoms with Crippen molar-refractivity contribution in [2.45, 2.75) is 32.2 Å². The van der Waals surface area contributed by atoms with Crippen molar-refractivity contribution in [3.8, 4) is 5.75 Å². The highest BCUT2D eigenvalue weighted by Crippen LogP contribution is 2.29. The maximum Gasteiger partial charge on any atom is 0.247 e. The number of anilines is 1. The van der Waals surface area contributed by atoms with Crippen molar-refractivity contribution in [1.82, 2.24) is 14.7 Å². The number of carbonyl (C=O) groups excluding carboxylic acids is 2. The Labute approximate surface area is 226 Å². The SMILES string of the molecule is CCOc1ccc(NC(=O)C2CC(CCc3ccccc3)CN2C(=O)CN2CCN(CCOC)CC2)cc1. The molecule has 2 aromatic rings. The van der Waals surface area contributed by atoms with E-state index in [0.29, 0.717) is 37.7 Å². The van der Waals surface area contributed by atoms with Gasteiger partial charge in [-0.2, -0.15) is 0 Å². The fraction of sp³-hybridized carbons (Fsp3) is 0.533. The molecule has 206 valence electrons. The van der Waals surface area contributed by atoms with E-state index in [-0.39, 0.29) is 11.8 Å². The maximum absolute atomic E-state index is 13.5. The van der Waals surface area contributed by atoms with Gasteiger partial charge in [-0.1, -0.05) is 30.3 Å². The van der Waals surface area contributed by atoms with Crippen LogP contribution in [0.2, 0.25) is 0 Å². The lowest BCUT2D eigenvalue weighted by atomic mass is 9.97. The van der Waals surface area contributed by atoms with Crippen molar-refractivity contribution in [2.24, 2.45) is 5.92 Å². The summed E-state index contributed by atoms with van der Waals surface area (Å²) in [5.74, 6) is 0.992. The van der Waals surface area contributed by atoms with Gasteiger partial charge in [0.2, 0.25) is 11.8 Å². The molecular weight excluding hydrogens is 480 g/mol. The number of aryl methyl sites for hydroxylation is 1. The van der Waals surface area contributed by atoms with Gasteiger partial charge in [0.15, 0.2) is 0 Å². The topological polar surface area (TPSA) is 74.4 Å². The highest BCUT2D eigenvalue weighted by Gasteiger charge is 2.39. The zero-order valence-corrected chi connectivity index (χ0v) is 22.8. The predicted octanol–water partition coefficient (Wildman–Crippen LogP) is 3.14. The molecule has 0 aliphatic carbocycles. The minimum atomic E-state index is -0.460. The van der Waals surface area contributed by atoms with Crippen LogP contribution in [0.3, 0.4) is 0 Å². The van der Waals surface area contributed by atoms with Crippen molar-refractivity contribution in [2.75, 3.05) is 71.5 Å². The average molecular weight is 523 g/mol. The second-order valence-corrected chi connectivity index (χ2v) is 10.2. The predicted molar refractivity (Wildman–Crippen MR) is 149 cm³/mol. The van der Waals surface area contributed by atoms with Crippen LogP contribution in [0.5, 0.6) is 5.75 Å². The Morgan fingerprint density at radius 3 is 2.37 bits per heavy atom.